The summed E-state index contributed by atoms with van der Waals surface area (Å²) in [6.07, 6.45) is 10.4. The molecule has 0 aromatic carbocycles. The molecule has 0 bridgehead atoms. The zero-order valence-corrected chi connectivity index (χ0v) is 16.1. The van der Waals surface area contributed by atoms with Gasteiger partial charge in [-0.15, -0.1) is 0 Å². The van der Waals surface area contributed by atoms with Crippen LogP contribution in [0.2, 0.25) is 0 Å². The summed E-state index contributed by atoms with van der Waals surface area (Å²) in [4.78, 5) is 7.23. The van der Waals surface area contributed by atoms with Gasteiger partial charge in [-0.1, -0.05) is 33.1 Å². The Morgan fingerprint density at radius 3 is 2.33 bits per heavy atom. The van der Waals surface area contributed by atoms with Gasteiger partial charge in [-0.25, -0.2) is 4.98 Å². The van der Waals surface area contributed by atoms with Gasteiger partial charge in [0.2, 0.25) is 0 Å². The number of nitrogens with one attached hydrogen (secondary N) is 1. The highest BCUT2D eigenvalue weighted by molar-refractivity contribution is 5.01. The van der Waals surface area contributed by atoms with Crippen molar-refractivity contribution in [1.82, 2.24) is 20.1 Å². The zero-order chi connectivity index (χ0) is 17.1. The monoisotopic (exact) mass is 332 g/mol. The summed E-state index contributed by atoms with van der Waals surface area (Å²) in [5.41, 5.74) is 0. The lowest BCUT2D eigenvalue weighted by Crippen LogP contribution is -2.35. The first kappa shape index (κ1) is 17.9. The van der Waals surface area contributed by atoms with Crippen LogP contribution in [0.5, 0.6) is 0 Å². The number of nitrogens with zero attached hydrogens (tertiary/aromatic N) is 3. The summed E-state index contributed by atoms with van der Waals surface area (Å²) in [6.45, 7) is 6.12. The Morgan fingerprint density at radius 1 is 1.04 bits per heavy atom. The molecular formula is C20H36N4. The molecule has 0 radical (unpaired) electrons. The lowest BCUT2D eigenvalue weighted by Gasteiger charge is -2.39. The number of rotatable bonds is 5. The number of hydrogen-bond donors (Lipinski definition) is 1. The van der Waals surface area contributed by atoms with Gasteiger partial charge < -0.3 is 4.90 Å². The van der Waals surface area contributed by atoms with Crippen molar-refractivity contribution in [2.45, 2.75) is 71.1 Å². The number of H-pyrrole nitrogens is 1. The Balaban J connectivity index is 1.58. The molecule has 1 aromatic heterocycles. The highest BCUT2D eigenvalue weighted by atomic mass is 15.2. The molecule has 1 aromatic rings. The third-order valence-electron chi connectivity index (χ3n) is 6.44. The van der Waals surface area contributed by atoms with Crippen molar-refractivity contribution >= 4 is 0 Å². The molecular weight excluding hydrogens is 296 g/mol. The van der Waals surface area contributed by atoms with E-state index in [1.54, 1.807) is 0 Å². The summed E-state index contributed by atoms with van der Waals surface area (Å²) < 4.78 is 0. The van der Waals surface area contributed by atoms with E-state index >= 15 is 0 Å². The van der Waals surface area contributed by atoms with Crippen LogP contribution in [0.3, 0.4) is 0 Å². The Bertz CT molecular complexity index is 491. The molecule has 3 rings (SSSR count). The quantitative estimate of drug-likeness (QED) is 0.876. The largest absolute Gasteiger partial charge is 0.309 e. The lowest BCUT2D eigenvalue weighted by molar-refractivity contribution is 0.108. The molecule has 2 aliphatic carbocycles. The number of aromatic nitrogens is 3. The molecule has 2 atom stereocenters. The van der Waals surface area contributed by atoms with Crippen LogP contribution in [0.1, 0.15) is 76.4 Å². The number of hydrogen-bond acceptors (Lipinski definition) is 3. The van der Waals surface area contributed by atoms with E-state index in [1.807, 2.05) is 0 Å². The molecule has 1 N–H and O–H groups in total. The number of aromatic amines is 1. The van der Waals surface area contributed by atoms with Crippen molar-refractivity contribution in [3.8, 4) is 0 Å². The molecule has 2 saturated carbocycles. The minimum atomic E-state index is 0.606. The van der Waals surface area contributed by atoms with Gasteiger partial charge in [0, 0.05) is 18.9 Å². The second kappa shape index (κ2) is 7.99. The van der Waals surface area contributed by atoms with Gasteiger partial charge in [0.1, 0.15) is 5.82 Å². The molecule has 4 heteroatoms. The second-order valence-electron chi connectivity index (χ2n) is 8.90. The van der Waals surface area contributed by atoms with E-state index in [9.17, 15) is 0 Å². The van der Waals surface area contributed by atoms with Crippen LogP contribution in [-0.4, -0.2) is 40.7 Å². The minimum absolute atomic E-state index is 0.606. The first-order valence-corrected chi connectivity index (χ1v) is 10.1. The summed E-state index contributed by atoms with van der Waals surface area (Å²) in [7, 11) is 4.39. The maximum atomic E-state index is 4.89. The van der Waals surface area contributed by atoms with Gasteiger partial charge in [0.05, 0.1) is 0 Å². The molecule has 0 amide bonds. The normalized spacial score (nSPS) is 32.4. The van der Waals surface area contributed by atoms with E-state index in [2.05, 4.69) is 43.0 Å². The van der Waals surface area contributed by atoms with E-state index in [4.69, 9.17) is 4.98 Å². The standard InChI is InChI=1S/C20H36N4/c1-14-10-16(13-24(3)4)11-15(2)18(14)12-19-21-20(23-22-19)17-8-6-5-7-9-17/h14-18H,5-13H2,1-4H3,(H,21,22,23). The van der Waals surface area contributed by atoms with Crippen LogP contribution >= 0.6 is 0 Å². The van der Waals surface area contributed by atoms with Crippen molar-refractivity contribution in [3.05, 3.63) is 11.6 Å². The van der Waals surface area contributed by atoms with Crippen LogP contribution in [0, 0.1) is 23.7 Å². The fourth-order valence-electron chi connectivity index (χ4n) is 5.29. The van der Waals surface area contributed by atoms with Crippen LogP contribution in [-0.2, 0) is 6.42 Å². The topological polar surface area (TPSA) is 44.8 Å². The predicted molar refractivity (Wildman–Crippen MR) is 99.0 cm³/mol. The van der Waals surface area contributed by atoms with Crippen LogP contribution in [0.25, 0.3) is 0 Å². The minimum Gasteiger partial charge on any atom is -0.309 e. The van der Waals surface area contributed by atoms with Crippen LogP contribution < -0.4 is 0 Å². The third-order valence-corrected chi connectivity index (χ3v) is 6.44. The Kier molecular flexibility index (Phi) is 5.96. The van der Waals surface area contributed by atoms with Crippen molar-refractivity contribution in [2.75, 3.05) is 20.6 Å². The van der Waals surface area contributed by atoms with E-state index < -0.39 is 0 Å². The fourth-order valence-corrected chi connectivity index (χ4v) is 5.29. The van der Waals surface area contributed by atoms with Gasteiger partial charge in [-0.2, -0.15) is 5.10 Å². The molecule has 24 heavy (non-hydrogen) atoms. The van der Waals surface area contributed by atoms with E-state index in [0.29, 0.717) is 5.92 Å². The van der Waals surface area contributed by atoms with Gasteiger partial charge in [-0.3, -0.25) is 5.10 Å². The third kappa shape index (κ3) is 4.38. The molecule has 2 fully saturated rings. The molecule has 2 unspecified atom stereocenters. The predicted octanol–water partition coefficient (Wildman–Crippen LogP) is 4.25. The van der Waals surface area contributed by atoms with Crippen molar-refractivity contribution in [3.63, 3.8) is 0 Å². The molecule has 4 nitrogen and oxygen atoms in total. The van der Waals surface area contributed by atoms with Crippen molar-refractivity contribution < 1.29 is 0 Å². The summed E-state index contributed by atoms with van der Waals surface area (Å²) in [6, 6.07) is 0. The Morgan fingerprint density at radius 2 is 1.71 bits per heavy atom. The molecule has 0 saturated heterocycles. The fraction of sp³-hybridized carbons (Fsp3) is 0.900. The average Bonchev–Trinajstić information content (AvgIpc) is 3.00. The van der Waals surface area contributed by atoms with E-state index in [1.165, 1.54) is 51.5 Å². The van der Waals surface area contributed by atoms with Gasteiger partial charge >= 0.3 is 0 Å². The van der Waals surface area contributed by atoms with Gasteiger partial charge in [0.25, 0.3) is 0 Å². The van der Waals surface area contributed by atoms with Gasteiger partial charge in [-0.05, 0) is 63.5 Å². The molecule has 0 spiro atoms. The lowest BCUT2D eigenvalue weighted by atomic mass is 9.67. The van der Waals surface area contributed by atoms with Crippen LogP contribution in [0.15, 0.2) is 0 Å². The first-order chi connectivity index (χ1) is 11.5. The van der Waals surface area contributed by atoms with Crippen LogP contribution in [0.4, 0.5) is 0 Å². The summed E-state index contributed by atoms with van der Waals surface area (Å²) >= 11 is 0. The SMILES string of the molecule is CC1CC(CN(C)C)CC(C)C1Cc1nc(C2CCCCC2)n[nH]1. The molecule has 1 heterocycles. The van der Waals surface area contributed by atoms with E-state index in [-0.39, 0.29) is 0 Å². The van der Waals surface area contributed by atoms with Crippen molar-refractivity contribution in [2.24, 2.45) is 23.7 Å². The Labute approximate surface area is 147 Å². The van der Waals surface area contributed by atoms with E-state index in [0.717, 1.165) is 41.7 Å². The van der Waals surface area contributed by atoms with Gasteiger partial charge in [0.15, 0.2) is 5.82 Å². The molecule has 2 aliphatic rings. The summed E-state index contributed by atoms with van der Waals surface area (Å²) in [5.74, 6) is 5.99. The molecule has 136 valence electrons. The maximum Gasteiger partial charge on any atom is 0.153 e. The van der Waals surface area contributed by atoms with Crippen molar-refractivity contribution in [1.29, 1.82) is 0 Å². The molecule has 0 aliphatic heterocycles. The first-order valence-electron chi connectivity index (χ1n) is 10.1. The second-order valence-corrected chi connectivity index (χ2v) is 8.90. The average molecular weight is 333 g/mol. The summed E-state index contributed by atoms with van der Waals surface area (Å²) in [5, 5.41) is 7.83. The smallest absolute Gasteiger partial charge is 0.153 e. The zero-order valence-electron chi connectivity index (χ0n) is 16.1. The Hall–Kier alpha value is -0.900. The highest BCUT2D eigenvalue weighted by Gasteiger charge is 2.34. The highest BCUT2D eigenvalue weighted by Crippen LogP contribution is 2.40. The maximum absolute atomic E-state index is 4.89.